The zero-order valence-corrected chi connectivity index (χ0v) is 13.4. The molecule has 136 valence electrons. The van der Waals surface area contributed by atoms with Crippen LogP contribution in [0.2, 0.25) is 0 Å². The molecule has 8 heteroatoms. The van der Waals surface area contributed by atoms with Gasteiger partial charge >= 0.3 is 12.1 Å². The van der Waals surface area contributed by atoms with Crippen molar-refractivity contribution in [2.24, 2.45) is 0 Å². The molecule has 1 aromatic rings. The number of carbonyl (C=O) groups is 2. The van der Waals surface area contributed by atoms with Crippen molar-refractivity contribution < 1.29 is 31.9 Å². The van der Waals surface area contributed by atoms with Crippen molar-refractivity contribution in [3.63, 3.8) is 0 Å². The normalized spacial score (nSPS) is 22.8. The summed E-state index contributed by atoms with van der Waals surface area (Å²) in [6.07, 6.45) is -3.46. The van der Waals surface area contributed by atoms with Crippen LogP contribution in [0, 0.1) is 5.82 Å². The maximum Gasteiger partial charge on any atom is 0.419 e. The summed E-state index contributed by atoms with van der Waals surface area (Å²) in [5.74, 6) is -3.29. The molecule has 0 radical (unpaired) electrons. The van der Waals surface area contributed by atoms with E-state index in [2.05, 4.69) is 5.32 Å². The molecule has 2 aliphatic heterocycles. The minimum atomic E-state index is -4.88. The van der Waals surface area contributed by atoms with Crippen molar-refractivity contribution in [3.8, 4) is 0 Å². The zero-order chi connectivity index (χ0) is 18.6. The summed E-state index contributed by atoms with van der Waals surface area (Å²) in [6.45, 7) is -0.0248. The van der Waals surface area contributed by atoms with Gasteiger partial charge in [0.25, 0.3) is 0 Å². The first-order chi connectivity index (χ1) is 12.3. The van der Waals surface area contributed by atoms with Crippen molar-refractivity contribution in [1.82, 2.24) is 5.32 Å². The number of hydrogen-bond donors (Lipinski definition) is 1. The molecule has 0 spiro atoms. The summed E-state index contributed by atoms with van der Waals surface area (Å²) in [6, 6.07) is 2.57. The fraction of sp³-hybridized carbons (Fsp3) is 0.333. The Balaban J connectivity index is 1.91. The van der Waals surface area contributed by atoms with Crippen LogP contribution in [-0.4, -0.2) is 18.4 Å². The van der Waals surface area contributed by atoms with Gasteiger partial charge in [-0.2, -0.15) is 13.2 Å². The monoisotopic (exact) mass is 367 g/mol. The Labute approximate surface area is 145 Å². The second kappa shape index (κ2) is 5.69. The van der Waals surface area contributed by atoms with Crippen LogP contribution in [0.1, 0.15) is 36.3 Å². The van der Waals surface area contributed by atoms with E-state index < -0.39 is 29.4 Å². The SMILES string of the molecule is O=C1CCCC2=C1[C@H](c1ccc(F)c(C(F)(F)F)c1)C1=C(COC1=O)N2. The van der Waals surface area contributed by atoms with Gasteiger partial charge in [0, 0.05) is 23.6 Å². The molecule has 4 rings (SSSR count). The second-order valence-electron chi connectivity index (χ2n) is 6.43. The van der Waals surface area contributed by atoms with Crippen molar-refractivity contribution in [2.45, 2.75) is 31.4 Å². The Morgan fingerprint density at radius 3 is 2.58 bits per heavy atom. The van der Waals surface area contributed by atoms with Gasteiger partial charge < -0.3 is 10.1 Å². The largest absolute Gasteiger partial charge is 0.456 e. The number of nitrogens with one attached hydrogen (secondary N) is 1. The second-order valence-corrected chi connectivity index (χ2v) is 6.43. The number of ketones is 1. The molecule has 4 nitrogen and oxygen atoms in total. The molecular formula is C18H13F4NO3. The van der Waals surface area contributed by atoms with Gasteiger partial charge in [-0.25, -0.2) is 9.18 Å². The van der Waals surface area contributed by atoms with Crippen LogP contribution in [-0.2, 0) is 20.5 Å². The molecule has 0 saturated carbocycles. The Kier molecular flexibility index (Phi) is 3.68. The number of hydrogen-bond acceptors (Lipinski definition) is 4. The van der Waals surface area contributed by atoms with Gasteiger partial charge in [-0.1, -0.05) is 6.07 Å². The number of esters is 1. The molecule has 0 bridgehead atoms. The Morgan fingerprint density at radius 1 is 1.08 bits per heavy atom. The van der Waals surface area contributed by atoms with E-state index in [0.29, 0.717) is 36.4 Å². The van der Waals surface area contributed by atoms with Crippen molar-refractivity contribution in [2.75, 3.05) is 6.61 Å². The summed E-state index contributed by atoms with van der Waals surface area (Å²) in [4.78, 5) is 24.7. The van der Waals surface area contributed by atoms with Gasteiger partial charge in [-0.3, -0.25) is 4.79 Å². The van der Waals surface area contributed by atoms with Gasteiger partial charge in [0.05, 0.1) is 16.8 Å². The molecule has 1 N–H and O–H groups in total. The highest BCUT2D eigenvalue weighted by molar-refractivity contribution is 6.04. The van der Waals surface area contributed by atoms with Gasteiger partial charge in [0.1, 0.15) is 12.4 Å². The van der Waals surface area contributed by atoms with Crippen LogP contribution in [0.15, 0.2) is 40.7 Å². The lowest BCUT2D eigenvalue weighted by atomic mass is 9.75. The Bertz CT molecular complexity index is 898. The number of Topliss-reactive ketones (excluding diaryl/α,β-unsaturated/α-hetero) is 1. The number of alkyl halides is 3. The van der Waals surface area contributed by atoms with Crippen molar-refractivity contribution in [1.29, 1.82) is 0 Å². The van der Waals surface area contributed by atoms with Crippen molar-refractivity contribution in [3.05, 3.63) is 57.7 Å². The van der Waals surface area contributed by atoms with E-state index >= 15 is 0 Å². The predicted molar refractivity (Wildman–Crippen MR) is 81.1 cm³/mol. The molecule has 1 aromatic carbocycles. The van der Waals surface area contributed by atoms with E-state index in [1.807, 2.05) is 0 Å². The minimum Gasteiger partial charge on any atom is -0.456 e. The smallest absolute Gasteiger partial charge is 0.419 e. The van der Waals surface area contributed by atoms with Gasteiger partial charge in [0.2, 0.25) is 0 Å². The third kappa shape index (κ3) is 2.51. The lowest BCUT2D eigenvalue weighted by Gasteiger charge is -2.32. The zero-order valence-electron chi connectivity index (χ0n) is 13.4. The Hall–Kier alpha value is -2.64. The lowest BCUT2D eigenvalue weighted by molar-refractivity contribution is -0.140. The number of cyclic esters (lactones) is 1. The predicted octanol–water partition coefficient (Wildman–Crippen LogP) is 3.35. The average Bonchev–Trinajstić information content (AvgIpc) is 2.94. The van der Waals surface area contributed by atoms with Gasteiger partial charge in [0.15, 0.2) is 5.78 Å². The highest BCUT2D eigenvalue weighted by atomic mass is 19.4. The number of dihydropyridines is 1. The number of halogens is 4. The summed E-state index contributed by atoms with van der Waals surface area (Å²) in [5.41, 5.74) is 0.0709. The lowest BCUT2D eigenvalue weighted by Crippen LogP contribution is -2.32. The molecule has 26 heavy (non-hydrogen) atoms. The topological polar surface area (TPSA) is 55.4 Å². The van der Waals surface area contributed by atoms with E-state index in [-0.39, 0.29) is 35.5 Å². The molecule has 1 aliphatic carbocycles. The number of allylic oxidation sites excluding steroid dienone is 2. The van der Waals surface area contributed by atoms with E-state index in [1.165, 1.54) is 6.07 Å². The summed E-state index contributed by atoms with van der Waals surface area (Å²) >= 11 is 0. The minimum absolute atomic E-state index is 0.0248. The van der Waals surface area contributed by atoms with Crippen LogP contribution < -0.4 is 5.32 Å². The molecule has 1 atom stereocenters. The number of benzene rings is 1. The maximum absolute atomic E-state index is 13.7. The first-order valence-corrected chi connectivity index (χ1v) is 8.07. The molecule has 3 aliphatic rings. The number of rotatable bonds is 1. The maximum atomic E-state index is 13.7. The van der Waals surface area contributed by atoms with Crippen molar-refractivity contribution >= 4 is 11.8 Å². The third-order valence-electron chi connectivity index (χ3n) is 4.86. The number of ether oxygens (including phenoxy) is 1. The quantitative estimate of drug-likeness (QED) is 0.611. The number of carbonyl (C=O) groups excluding carboxylic acids is 2. The summed E-state index contributed by atoms with van der Waals surface area (Å²) < 4.78 is 58.0. The van der Waals surface area contributed by atoms with Crippen LogP contribution in [0.5, 0.6) is 0 Å². The van der Waals surface area contributed by atoms with Crippen LogP contribution in [0.4, 0.5) is 17.6 Å². The average molecular weight is 367 g/mol. The van der Waals surface area contributed by atoms with Crippen LogP contribution in [0.3, 0.4) is 0 Å². The highest BCUT2D eigenvalue weighted by Crippen LogP contribution is 2.45. The first-order valence-electron chi connectivity index (χ1n) is 8.07. The van der Waals surface area contributed by atoms with Gasteiger partial charge in [-0.15, -0.1) is 0 Å². The van der Waals surface area contributed by atoms with E-state index in [4.69, 9.17) is 4.74 Å². The summed E-state index contributed by atoms with van der Waals surface area (Å²) in [5, 5.41) is 3.03. The van der Waals surface area contributed by atoms with Crippen LogP contribution >= 0.6 is 0 Å². The molecular weight excluding hydrogens is 354 g/mol. The molecule has 2 heterocycles. The fourth-order valence-corrected chi connectivity index (χ4v) is 3.74. The van der Waals surface area contributed by atoms with Crippen LogP contribution in [0.25, 0.3) is 0 Å². The molecule has 0 amide bonds. The van der Waals surface area contributed by atoms with Gasteiger partial charge in [-0.05, 0) is 30.5 Å². The van der Waals surface area contributed by atoms with E-state index in [9.17, 15) is 27.2 Å². The van der Waals surface area contributed by atoms with E-state index in [0.717, 1.165) is 0 Å². The molecule has 0 unspecified atom stereocenters. The molecule has 0 aromatic heterocycles. The Morgan fingerprint density at radius 2 is 1.85 bits per heavy atom. The standard InChI is InChI=1S/C18H13F4NO3/c19-10-5-4-8(6-9(10)18(20,21)22)14-15-11(2-1-3-13(15)24)23-12-7-26-17(25)16(12)14/h4-6,14,23H,1-3,7H2/t14-/m0/s1. The molecule has 0 fully saturated rings. The molecule has 0 saturated heterocycles. The fourth-order valence-electron chi connectivity index (χ4n) is 3.74. The third-order valence-corrected chi connectivity index (χ3v) is 4.86. The van der Waals surface area contributed by atoms with E-state index in [1.54, 1.807) is 0 Å². The first kappa shape index (κ1) is 16.8. The summed E-state index contributed by atoms with van der Waals surface area (Å²) in [7, 11) is 0. The highest BCUT2D eigenvalue weighted by Gasteiger charge is 2.44.